The molecule has 0 aromatic carbocycles. The monoisotopic (exact) mass is 423 g/mol. The lowest BCUT2D eigenvalue weighted by Gasteiger charge is -2.05. The molecule has 0 bridgehead atoms. The van der Waals surface area contributed by atoms with Gasteiger partial charge in [-0.05, 0) is 31.9 Å². The summed E-state index contributed by atoms with van der Waals surface area (Å²) in [5.41, 5.74) is 6.11. The molecule has 152 valence electrons. The molecule has 3 heterocycles. The third-order valence-corrected chi connectivity index (χ3v) is 4.44. The lowest BCUT2D eigenvalue weighted by atomic mass is 10.1. The fourth-order valence-corrected chi connectivity index (χ4v) is 3.00. The van der Waals surface area contributed by atoms with Crippen LogP contribution in [-0.2, 0) is 12.8 Å². The Bertz CT molecular complexity index is 1130. The van der Waals surface area contributed by atoms with Crippen molar-refractivity contribution in [3.8, 4) is 11.8 Å². The van der Waals surface area contributed by atoms with E-state index in [1.807, 2.05) is 13.8 Å². The summed E-state index contributed by atoms with van der Waals surface area (Å²) in [4.78, 5) is 11.6. The normalized spacial score (nSPS) is 11.7. The van der Waals surface area contributed by atoms with E-state index in [9.17, 15) is 18.0 Å². The van der Waals surface area contributed by atoms with Crippen LogP contribution in [-0.4, -0.2) is 31.5 Å². The van der Waals surface area contributed by atoms with Crippen LogP contribution in [0.1, 0.15) is 47.2 Å². The summed E-state index contributed by atoms with van der Waals surface area (Å²) in [6, 6.07) is 4.58. The predicted molar refractivity (Wildman–Crippen MR) is 102 cm³/mol. The molecule has 3 aromatic rings. The average Bonchev–Trinajstić information content (AvgIpc) is 3.18. The lowest BCUT2D eigenvalue weighted by molar-refractivity contribution is -0.127. The van der Waals surface area contributed by atoms with Crippen LogP contribution in [0.25, 0.3) is 5.52 Å². The molecule has 0 fully saturated rings. The summed E-state index contributed by atoms with van der Waals surface area (Å²) in [5.74, 6) is 4.77. The molecule has 0 unspecified atom stereocenters. The van der Waals surface area contributed by atoms with Gasteiger partial charge in [0, 0.05) is 17.8 Å². The smallest absolute Gasteiger partial charge is 0.365 e. The van der Waals surface area contributed by atoms with Crippen molar-refractivity contribution < 1.29 is 18.0 Å². The molecule has 10 heteroatoms. The lowest BCUT2D eigenvalue weighted by Crippen LogP contribution is -2.12. The molecule has 1 amide bonds. The van der Waals surface area contributed by atoms with Crippen LogP contribution < -0.4 is 5.73 Å². The van der Waals surface area contributed by atoms with Gasteiger partial charge in [0.05, 0.1) is 29.6 Å². The van der Waals surface area contributed by atoms with Gasteiger partial charge in [-0.15, -0.1) is 0 Å². The number of alkyl halides is 3. The Morgan fingerprint density at radius 2 is 2.03 bits per heavy atom. The van der Waals surface area contributed by atoms with E-state index in [2.05, 4.69) is 22.0 Å². The van der Waals surface area contributed by atoms with Gasteiger partial charge in [-0.3, -0.25) is 9.48 Å². The first kappa shape index (κ1) is 20.7. The van der Waals surface area contributed by atoms with Gasteiger partial charge in [0.15, 0.2) is 0 Å². The van der Waals surface area contributed by atoms with Gasteiger partial charge in [-0.1, -0.05) is 23.6 Å². The molecule has 0 atom stereocenters. The van der Waals surface area contributed by atoms with Crippen molar-refractivity contribution in [3.63, 3.8) is 0 Å². The van der Waals surface area contributed by atoms with Crippen LogP contribution in [0.3, 0.4) is 0 Å². The van der Waals surface area contributed by atoms with Crippen molar-refractivity contribution in [2.75, 3.05) is 0 Å². The van der Waals surface area contributed by atoms with Crippen LogP contribution in [0.15, 0.2) is 24.4 Å². The van der Waals surface area contributed by atoms with Gasteiger partial charge in [-0.25, -0.2) is 4.52 Å². The molecule has 0 radical (unpaired) electrons. The number of carbonyl (C=O) groups is 1. The van der Waals surface area contributed by atoms with Crippen LogP contribution in [0, 0.1) is 11.8 Å². The zero-order valence-corrected chi connectivity index (χ0v) is 16.3. The van der Waals surface area contributed by atoms with E-state index in [1.54, 1.807) is 10.7 Å². The molecule has 6 nitrogen and oxygen atoms in total. The number of hydrogen-bond donors (Lipinski definition) is 1. The van der Waals surface area contributed by atoms with Crippen LogP contribution in [0.2, 0.25) is 5.15 Å². The second-order valence-corrected chi connectivity index (χ2v) is 7.06. The zero-order chi connectivity index (χ0) is 21.3. The van der Waals surface area contributed by atoms with E-state index in [0.717, 1.165) is 0 Å². The molecule has 0 saturated heterocycles. The maximum atomic E-state index is 13.1. The Morgan fingerprint density at radius 1 is 1.31 bits per heavy atom. The van der Waals surface area contributed by atoms with Crippen molar-refractivity contribution in [3.05, 3.63) is 52.1 Å². The van der Waals surface area contributed by atoms with Gasteiger partial charge in [-0.2, -0.15) is 23.4 Å². The summed E-state index contributed by atoms with van der Waals surface area (Å²) in [7, 11) is 0. The van der Waals surface area contributed by atoms with Gasteiger partial charge < -0.3 is 5.73 Å². The molecule has 0 aliphatic rings. The maximum Gasteiger partial charge on any atom is 0.393 e. The molecule has 2 N–H and O–H groups in total. The summed E-state index contributed by atoms with van der Waals surface area (Å²) in [5, 5.41) is 8.57. The quantitative estimate of drug-likeness (QED) is 0.514. The highest BCUT2D eigenvalue weighted by atomic mass is 35.5. The van der Waals surface area contributed by atoms with E-state index in [4.69, 9.17) is 17.3 Å². The molecule has 0 aliphatic carbocycles. The maximum absolute atomic E-state index is 13.1. The topological polar surface area (TPSA) is 78.2 Å². The van der Waals surface area contributed by atoms with E-state index < -0.39 is 18.5 Å². The Balaban J connectivity index is 2.00. The number of halogens is 4. The van der Waals surface area contributed by atoms with Gasteiger partial charge in [0.2, 0.25) is 0 Å². The zero-order valence-electron chi connectivity index (χ0n) is 15.6. The highest BCUT2D eigenvalue weighted by molar-refractivity contribution is 6.29. The first-order valence-corrected chi connectivity index (χ1v) is 9.04. The minimum absolute atomic E-state index is 0.00813. The second-order valence-electron chi connectivity index (χ2n) is 6.67. The number of pyridine rings is 1. The van der Waals surface area contributed by atoms with E-state index in [1.165, 1.54) is 22.8 Å². The fourth-order valence-electron chi connectivity index (χ4n) is 2.80. The Kier molecular flexibility index (Phi) is 5.57. The van der Waals surface area contributed by atoms with Crippen LogP contribution in [0.4, 0.5) is 13.2 Å². The summed E-state index contributed by atoms with van der Waals surface area (Å²) < 4.78 is 42.0. The van der Waals surface area contributed by atoms with E-state index in [-0.39, 0.29) is 40.0 Å². The summed E-state index contributed by atoms with van der Waals surface area (Å²) >= 11 is 6.04. The third kappa shape index (κ3) is 4.54. The molecular formula is C19H17ClF3N5O. The number of hydrogen-bond acceptors (Lipinski definition) is 3. The largest absolute Gasteiger partial charge is 0.393 e. The Hall–Kier alpha value is -2.99. The highest BCUT2D eigenvalue weighted by Crippen LogP contribution is 2.27. The number of primary amides is 1. The number of amides is 1. The molecule has 29 heavy (non-hydrogen) atoms. The van der Waals surface area contributed by atoms with Gasteiger partial charge in [0.1, 0.15) is 10.8 Å². The minimum Gasteiger partial charge on any atom is -0.365 e. The minimum atomic E-state index is -4.43. The fraction of sp³-hybridized carbons (Fsp3) is 0.316. The van der Waals surface area contributed by atoms with Crippen LogP contribution in [0.5, 0.6) is 0 Å². The number of aromatic nitrogens is 4. The van der Waals surface area contributed by atoms with E-state index in [0.29, 0.717) is 5.69 Å². The standard InChI is InChI=1S/C19H17ClF3N5O/c1-11(2)27-10-13(18(24)29)15(25-27)6-3-5-14-12(9-19(21,22)23)16-7-4-8-17(20)28(16)26-14/h4,7-8,10-11H,6,9H2,1-2H3,(H2,24,29). The van der Waals surface area contributed by atoms with E-state index >= 15 is 0 Å². The van der Waals surface area contributed by atoms with Crippen molar-refractivity contribution in [2.45, 2.75) is 38.9 Å². The van der Waals surface area contributed by atoms with Crippen LogP contribution >= 0.6 is 11.6 Å². The van der Waals surface area contributed by atoms with Crippen molar-refractivity contribution in [2.24, 2.45) is 5.73 Å². The Labute approximate surface area is 169 Å². The first-order chi connectivity index (χ1) is 13.6. The molecule has 0 saturated carbocycles. The molecule has 0 aliphatic heterocycles. The number of rotatable bonds is 4. The Morgan fingerprint density at radius 3 is 2.66 bits per heavy atom. The second kappa shape index (κ2) is 7.79. The summed E-state index contributed by atoms with van der Waals surface area (Å²) in [6.45, 7) is 3.77. The number of nitrogens with zero attached hydrogens (tertiary/aromatic N) is 4. The van der Waals surface area contributed by atoms with Gasteiger partial charge in [0.25, 0.3) is 5.91 Å². The van der Waals surface area contributed by atoms with Gasteiger partial charge >= 0.3 is 6.18 Å². The molecule has 3 rings (SSSR count). The summed E-state index contributed by atoms with van der Waals surface area (Å²) in [6.07, 6.45) is -4.05. The highest BCUT2D eigenvalue weighted by Gasteiger charge is 2.31. The van der Waals surface area contributed by atoms with Crippen molar-refractivity contribution in [1.82, 2.24) is 19.4 Å². The SMILES string of the molecule is CC(C)n1cc(C(N)=O)c(CC#Cc2nn3c(Cl)cccc3c2CC(F)(F)F)n1. The number of carbonyl (C=O) groups excluding carboxylic acids is 1. The number of nitrogens with two attached hydrogens (primary N) is 1. The molecule has 0 spiro atoms. The molecular weight excluding hydrogens is 407 g/mol. The van der Waals surface area contributed by atoms with Crippen molar-refractivity contribution >= 4 is 23.0 Å². The molecule has 3 aromatic heterocycles. The number of fused-ring (bicyclic) bond motifs is 1. The predicted octanol–water partition coefficient (Wildman–Crippen LogP) is 3.56. The average molecular weight is 424 g/mol. The first-order valence-electron chi connectivity index (χ1n) is 8.66. The van der Waals surface area contributed by atoms with Crippen molar-refractivity contribution in [1.29, 1.82) is 0 Å². The third-order valence-electron chi connectivity index (χ3n) is 4.16.